The number of aryl methyl sites for hydroxylation is 1. The van der Waals surface area contributed by atoms with Crippen molar-refractivity contribution in [2.45, 2.75) is 13.3 Å². The molecule has 0 aliphatic carbocycles. The number of anilines is 1. The first-order valence-corrected chi connectivity index (χ1v) is 3.93. The summed E-state index contributed by atoms with van der Waals surface area (Å²) in [6, 6.07) is 1.63. The highest BCUT2D eigenvalue weighted by Crippen LogP contribution is 2.09. The van der Waals surface area contributed by atoms with Crippen molar-refractivity contribution >= 4 is 25.0 Å². The Hall–Kier alpha value is -1.10. The molecule has 0 aliphatic rings. The van der Waals surface area contributed by atoms with E-state index < -0.39 is 0 Å². The molecule has 0 saturated carbocycles. The lowest BCUT2D eigenvalue weighted by Gasteiger charge is -2.07. The number of nitrogens with zero attached hydrogens (tertiary/aromatic N) is 3. The Bertz CT molecular complexity index is 279. The van der Waals surface area contributed by atoms with Gasteiger partial charge < -0.3 is 0 Å². The van der Waals surface area contributed by atoms with Crippen LogP contribution in [0.5, 0.6) is 0 Å². The first kappa shape index (κ1) is 8.99. The maximum absolute atomic E-state index is 10.3. The van der Waals surface area contributed by atoms with Gasteiger partial charge in [-0.1, -0.05) is 19.7 Å². The molecule has 1 rings (SSSR count). The summed E-state index contributed by atoms with van der Waals surface area (Å²) in [5.74, 6) is 1.20. The van der Waals surface area contributed by atoms with E-state index in [1.54, 1.807) is 12.3 Å². The van der Waals surface area contributed by atoms with Crippen molar-refractivity contribution in [2.75, 3.05) is 4.31 Å². The molecule has 0 fully saturated rings. The Morgan fingerprint density at radius 1 is 1.75 bits per heavy atom. The first-order chi connectivity index (χ1) is 5.77. The number of rotatable bonds is 3. The third-order valence-corrected chi connectivity index (χ3v) is 1.64. The second-order valence-corrected chi connectivity index (χ2v) is 2.57. The van der Waals surface area contributed by atoms with Gasteiger partial charge in [0.2, 0.25) is 6.41 Å². The predicted octanol–water partition coefficient (Wildman–Crippen LogP) is 0.847. The van der Waals surface area contributed by atoms with Gasteiger partial charge in [0.25, 0.3) is 0 Å². The number of hydrogen-bond donors (Lipinski definition) is 1. The molecule has 0 N–H and O–H groups in total. The third kappa shape index (κ3) is 1.94. The fraction of sp³-hybridized carbons (Fsp3) is 0.286. The summed E-state index contributed by atoms with van der Waals surface area (Å²) in [6.07, 6.45) is 2.94. The highest BCUT2D eigenvalue weighted by molar-refractivity contribution is 7.82. The van der Waals surface area contributed by atoms with E-state index in [1.807, 2.05) is 6.92 Å². The van der Waals surface area contributed by atoms with E-state index in [0.29, 0.717) is 18.1 Å². The van der Waals surface area contributed by atoms with E-state index in [2.05, 4.69) is 22.8 Å². The zero-order valence-electron chi connectivity index (χ0n) is 6.64. The van der Waals surface area contributed by atoms with Crippen molar-refractivity contribution < 1.29 is 4.79 Å². The molecule has 1 heterocycles. The zero-order valence-corrected chi connectivity index (χ0v) is 7.53. The van der Waals surface area contributed by atoms with Gasteiger partial charge >= 0.3 is 0 Å². The van der Waals surface area contributed by atoms with Crippen LogP contribution in [0.4, 0.5) is 5.82 Å². The van der Waals surface area contributed by atoms with Crippen LogP contribution in [0.15, 0.2) is 12.3 Å². The maximum Gasteiger partial charge on any atom is 0.225 e. The van der Waals surface area contributed by atoms with Gasteiger partial charge in [0, 0.05) is 18.7 Å². The Labute approximate surface area is 76.2 Å². The average molecular weight is 183 g/mol. The molecule has 1 aromatic heterocycles. The summed E-state index contributed by atoms with van der Waals surface area (Å²) in [5.41, 5.74) is 0. The monoisotopic (exact) mass is 183 g/mol. The number of carbonyl (C=O) groups excluding carboxylic acids is 1. The van der Waals surface area contributed by atoms with Gasteiger partial charge in [-0.25, -0.2) is 14.3 Å². The Balaban J connectivity index is 2.93. The SMILES string of the molecule is CCc1nccc(N(S)C=O)n1. The molecule has 0 bridgehead atoms. The third-order valence-electron chi connectivity index (χ3n) is 1.34. The van der Waals surface area contributed by atoms with Crippen LogP contribution in [0.25, 0.3) is 0 Å². The molecular formula is C7H9N3OS. The van der Waals surface area contributed by atoms with E-state index in [1.165, 1.54) is 0 Å². The summed E-state index contributed by atoms with van der Waals surface area (Å²) >= 11 is 3.88. The molecule has 0 radical (unpaired) electrons. The van der Waals surface area contributed by atoms with Crippen LogP contribution in [-0.2, 0) is 11.2 Å². The molecule has 0 saturated heterocycles. The van der Waals surface area contributed by atoms with E-state index in [9.17, 15) is 4.79 Å². The number of carbonyl (C=O) groups is 1. The fourth-order valence-corrected chi connectivity index (χ4v) is 0.852. The van der Waals surface area contributed by atoms with Gasteiger partial charge in [0.15, 0.2) is 0 Å². The van der Waals surface area contributed by atoms with Crippen LogP contribution >= 0.6 is 12.8 Å². The van der Waals surface area contributed by atoms with Crippen LogP contribution in [0.2, 0.25) is 0 Å². The van der Waals surface area contributed by atoms with Gasteiger partial charge in [-0.15, -0.1) is 0 Å². The topological polar surface area (TPSA) is 46.1 Å². The van der Waals surface area contributed by atoms with Crippen LogP contribution < -0.4 is 4.31 Å². The standard InChI is InChI=1S/C7H9N3OS/c1-2-6-8-4-3-7(9-6)10(12)5-11/h3-5,12H,2H2,1H3. The number of thiol groups is 1. The number of aromatic nitrogens is 2. The summed E-state index contributed by atoms with van der Waals surface area (Å²) in [7, 11) is 0. The smallest absolute Gasteiger partial charge is 0.225 e. The molecule has 0 spiro atoms. The Morgan fingerprint density at radius 3 is 3.08 bits per heavy atom. The molecule has 0 aromatic carbocycles. The highest BCUT2D eigenvalue weighted by Gasteiger charge is 2.01. The molecule has 0 aliphatic heterocycles. The van der Waals surface area contributed by atoms with Crippen LogP contribution in [0, 0.1) is 0 Å². The van der Waals surface area contributed by atoms with Crippen LogP contribution in [-0.4, -0.2) is 16.4 Å². The molecule has 64 valence electrons. The fourth-order valence-electron chi connectivity index (χ4n) is 0.740. The van der Waals surface area contributed by atoms with Crippen molar-refractivity contribution in [3.8, 4) is 0 Å². The maximum atomic E-state index is 10.3. The summed E-state index contributed by atoms with van der Waals surface area (Å²) in [4.78, 5) is 18.4. The average Bonchev–Trinajstić information content (AvgIpc) is 2.17. The molecule has 12 heavy (non-hydrogen) atoms. The molecule has 1 aromatic rings. The summed E-state index contributed by atoms with van der Waals surface area (Å²) in [5, 5.41) is 0. The second kappa shape index (κ2) is 4.06. The van der Waals surface area contributed by atoms with Crippen molar-refractivity contribution in [1.82, 2.24) is 9.97 Å². The van der Waals surface area contributed by atoms with Gasteiger partial charge in [-0.2, -0.15) is 0 Å². The van der Waals surface area contributed by atoms with Crippen LogP contribution in [0.3, 0.4) is 0 Å². The molecule has 0 atom stereocenters. The van der Waals surface area contributed by atoms with E-state index in [4.69, 9.17) is 0 Å². The number of hydrogen-bond acceptors (Lipinski definition) is 4. The second-order valence-electron chi connectivity index (χ2n) is 2.13. The minimum Gasteiger partial charge on any atom is -0.277 e. The van der Waals surface area contributed by atoms with Gasteiger partial charge in [-0.05, 0) is 0 Å². The normalized spacial score (nSPS) is 9.50. The largest absolute Gasteiger partial charge is 0.277 e. The van der Waals surface area contributed by atoms with Crippen molar-refractivity contribution in [2.24, 2.45) is 0 Å². The molecule has 1 amide bonds. The van der Waals surface area contributed by atoms with E-state index in [-0.39, 0.29) is 0 Å². The lowest BCUT2D eigenvalue weighted by atomic mass is 10.4. The molecule has 4 nitrogen and oxygen atoms in total. The van der Waals surface area contributed by atoms with Crippen molar-refractivity contribution in [3.05, 3.63) is 18.1 Å². The van der Waals surface area contributed by atoms with E-state index in [0.717, 1.165) is 10.7 Å². The lowest BCUT2D eigenvalue weighted by Crippen LogP contribution is -2.09. The Kier molecular flexibility index (Phi) is 3.04. The zero-order chi connectivity index (χ0) is 8.97. The lowest BCUT2D eigenvalue weighted by molar-refractivity contribution is -0.106. The minimum atomic E-state index is 0.500. The van der Waals surface area contributed by atoms with Crippen molar-refractivity contribution in [3.63, 3.8) is 0 Å². The predicted molar refractivity (Wildman–Crippen MR) is 48.9 cm³/mol. The minimum absolute atomic E-state index is 0.500. The summed E-state index contributed by atoms with van der Waals surface area (Å²) in [6.45, 7) is 1.95. The quantitative estimate of drug-likeness (QED) is 0.558. The van der Waals surface area contributed by atoms with E-state index >= 15 is 0 Å². The van der Waals surface area contributed by atoms with Crippen LogP contribution in [0.1, 0.15) is 12.7 Å². The van der Waals surface area contributed by atoms with Gasteiger partial charge in [0.1, 0.15) is 11.6 Å². The molecular weight excluding hydrogens is 174 g/mol. The van der Waals surface area contributed by atoms with Crippen molar-refractivity contribution in [1.29, 1.82) is 0 Å². The number of amides is 1. The summed E-state index contributed by atoms with van der Waals surface area (Å²) < 4.78 is 1.11. The molecule has 5 heteroatoms. The highest BCUT2D eigenvalue weighted by atomic mass is 32.1. The Morgan fingerprint density at radius 2 is 2.50 bits per heavy atom. The van der Waals surface area contributed by atoms with Gasteiger partial charge in [-0.3, -0.25) is 4.79 Å². The molecule has 0 unspecified atom stereocenters. The first-order valence-electron chi connectivity index (χ1n) is 3.53. The van der Waals surface area contributed by atoms with Gasteiger partial charge in [0.05, 0.1) is 0 Å².